The SMILES string of the molecule is O=C(Cn1cnc2ccc(Br)cc2c1=O)NCC1CCN(c2ccc(F)c(F)c2)C1. The minimum absolute atomic E-state index is 0.117. The molecule has 2 aromatic carbocycles. The van der Waals surface area contributed by atoms with Gasteiger partial charge in [-0.3, -0.25) is 14.2 Å². The summed E-state index contributed by atoms with van der Waals surface area (Å²) in [7, 11) is 0. The third kappa shape index (κ3) is 4.35. The molecule has 4 rings (SSSR count). The van der Waals surface area contributed by atoms with Crippen LogP contribution in [0.25, 0.3) is 10.9 Å². The molecule has 156 valence electrons. The first-order chi connectivity index (χ1) is 14.4. The Balaban J connectivity index is 1.34. The molecule has 1 amide bonds. The molecule has 0 spiro atoms. The van der Waals surface area contributed by atoms with Gasteiger partial charge in [0.2, 0.25) is 5.91 Å². The van der Waals surface area contributed by atoms with Gasteiger partial charge in [-0.25, -0.2) is 13.8 Å². The van der Waals surface area contributed by atoms with E-state index >= 15 is 0 Å². The summed E-state index contributed by atoms with van der Waals surface area (Å²) in [5.74, 6) is -1.83. The van der Waals surface area contributed by atoms with E-state index in [0.717, 1.165) is 17.0 Å². The van der Waals surface area contributed by atoms with Crippen molar-refractivity contribution in [3.63, 3.8) is 0 Å². The largest absolute Gasteiger partial charge is 0.371 e. The summed E-state index contributed by atoms with van der Waals surface area (Å²) in [5.41, 5.74) is 0.924. The number of anilines is 1. The van der Waals surface area contributed by atoms with E-state index in [0.29, 0.717) is 36.2 Å². The number of rotatable bonds is 5. The minimum atomic E-state index is -0.870. The van der Waals surface area contributed by atoms with Gasteiger partial charge in [-0.1, -0.05) is 15.9 Å². The van der Waals surface area contributed by atoms with Gasteiger partial charge < -0.3 is 10.2 Å². The van der Waals surface area contributed by atoms with E-state index in [2.05, 4.69) is 26.2 Å². The van der Waals surface area contributed by atoms with E-state index in [1.807, 2.05) is 4.90 Å². The van der Waals surface area contributed by atoms with E-state index < -0.39 is 11.6 Å². The van der Waals surface area contributed by atoms with Gasteiger partial charge in [0.05, 0.1) is 17.2 Å². The lowest BCUT2D eigenvalue weighted by atomic mass is 10.1. The highest BCUT2D eigenvalue weighted by molar-refractivity contribution is 9.10. The molecular formula is C21H19BrF2N4O2. The number of nitrogens with one attached hydrogen (secondary N) is 1. The zero-order valence-corrected chi connectivity index (χ0v) is 17.5. The van der Waals surface area contributed by atoms with Crippen molar-refractivity contribution in [2.24, 2.45) is 5.92 Å². The Bertz CT molecular complexity index is 1170. The molecule has 0 saturated carbocycles. The predicted molar refractivity (Wildman–Crippen MR) is 113 cm³/mol. The van der Waals surface area contributed by atoms with Crippen LogP contribution in [0.3, 0.4) is 0 Å². The molecule has 0 radical (unpaired) electrons. The number of aromatic nitrogens is 2. The van der Waals surface area contributed by atoms with E-state index in [-0.39, 0.29) is 23.9 Å². The molecule has 1 saturated heterocycles. The van der Waals surface area contributed by atoms with Gasteiger partial charge in [-0.15, -0.1) is 0 Å². The average Bonchev–Trinajstić information content (AvgIpc) is 3.20. The highest BCUT2D eigenvalue weighted by Crippen LogP contribution is 2.25. The van der Waals surface area contributed by atoms with E-state index in [9.17, 15) is 18.4 Å². The van der Waals surface area contributed by atoms with Crippen LogP contribution >= 0.6 is 15.9 Å². The Labute approximate surface area is 179 Å². The van der Waals surface area contributed by atoms with Crippen molar-refractivity contribution < 1.29 is 13.6 Å². The van der Waals surface area contributed by atoms with Crippen molar-refractivity contribution in [1.82, 2.24) is 14.9 Å². The molecule has 2 heterocycles. The third-order valence-corrected chi connectivity index (χ3v) is 5.74. The maximum absolute atomic E-state index is 13.4. The fraction of sp³-hybridized carbons (Fsp3) is 0.286. The van der Waals surface area contributed by atoms with Gasteiger partial charge in [0.15, 0.2) is 11.6 Å². The molecule has 1 aliphatic rings. The number of hydrogen-bond donors (Lipinski definition) is 1. The van der Waals surface area contributed by atoms with Crippen LogP contribution in [-0.4, -0.2) is 35.1 Å². The van der Waals surface area contributed by atoms with Crippen molar-refractivity contribution in [1.29, 1.82) is 0 Å². The Morgan fingerprint density at radius 1 is 1.20 bits per heavy atom. The zero-order valence-electron chi connectivity index (χ0n) is 15.9. The second kappa shape index (κ2) is 8.51. The predicted octanol–water partition coefficient (Wildman–Crippen LogP) is 3.08. The molecule has 1 aliphatic heterocycles. The number of carbonyl (C=O) groups is 1. The summed E-state index contributed by atoms with van der Waals surface area (Å²) < 4.78 is 28.6. The van der Waals surface area contributed by atoms with Gasteiger partial charge in [0, 0.05) is 35.9 Å². The van der Waals surface area contributed by atoms with E-state index in [1.54, 1.807) is 24.3 Å². The fourth-order valence-electron chi connectivity index (χ4n) is 3.63. The molecule has 9 heteroatoms. The summed E-state index contributed by atoms with van der Waals surface area (Å²) in [6.07, 6.45) is 2.20. The van der Waals surface area contributed by atoms with Crippen molar-refractivity contribution in [2.75, 3.05) is 24.5 Å². The average molecular weight is 477 g/mol. The first kappa shape index (κ1) is 20.5. The van der Waals surface area contributed by atoms with Crippen LogP contribution in [0.1, 0.15) is 6.42 Å². The van der Waals surface area contributed by atoms with Crippen LogP contribution < -0.4 is 15.8 Å². The van der Waals surface area contributed by atoms with E-state index in [4.69, 9.17) is 0 Å². The molecule has 0 aliphatic carbocycles. The smallest absolute Gasteiger partial charge is 0.261 e. The van der Waals surface area contributed by atoms with Gasteiger partial charge >= 0.3 is 0 Å². The van der Waals surface area contributed by atoms with E-state index in [1.165, 1.54) is 17.0 Å². The highest BCUT2D eigenvalue weighted by atomic mass is 79.9. The molecule has 1 N–H and O–H groups in total. The first-order valence-corrected chi connectivity index (χ1v) is 10.3. The lowest BCUT2D eigenvalue weighted by Crippen LogP contribution is -2.35. The molecule has 1 atom stereocenters. The number of nitrogens with zero attached hydrogens (tertiary/aromatic N) is 3. The van der Waals surface area contributed by atoms with Gasteiger partial charge in [-0.05, 0) is 42.7 Å². The minimum Gasteiger partial charge on any atom is -0.371 e. The molecule has 30 heavy (non-hydrogen) atoms. The maximum atomic E-state index is 13.4. The van der Waals surface area contributed by atoms with Crippen LogP contribution in [-0.2, 0) is 11.3 Å². The Morgan fingerprint density at radius 2 is 2.03 bits per heavy atom. The Morgan fingerprint density at radius 3 is 2.83 bits per heavy atom. The monoisotopic (exact) mass is 476 g/mol. The Hall–Kier alpha value is -2.81. The summed E-state index contributed by atoms with van der Waals surface area (Å²) in [6, 6.07) is 9.09. The van der Waals surface area contributed by atoms with Crippen LogP contribution in [0, 0.1) is 17.6 Å². The van der Waals surface area contributed by atoms with Crippen LogP contribution in [0.5, 0.6) is 0 Å². The van der Waals surface area contributed by atoms with Crippen molar-refractivity contribution >= 4 is 38.4 Å². The molecule has 0 bridgehead atoms. The summed E-state index contributed by atoms with van der Waals surface area (Å²) in [6.45, 7) is 1.67. The van der Waals surface area contributed by atoms with Crippen LogP contribution in [0.4, 0.5) is 14.5 Å². The summed E-state index contributed by atoms with van der Waals surface area (Å²) in [5, 5.41) is 3.30. The molecular weight excluding hydrogens is 458 g/mol. The normalized spacial score (nSPS) is 16.2. The standard InChI is InChI=1S/C21H19BrF2N4O2/c22-14-1-4-19-16(7-14)21(30)28(12-26-19)11-20(29)25-9-13-5-6-27(10-13)15-2-3-17(23)18(24)8-15/h1-4,7-8,12-13H,5-6,9-11H2,(H,25,29). The van der Waals surface area contributed by atoms with Crippen molar-refractivity contribution in [3.8, 4) is 0 Å². The number of benzene rings is 2. The highest BCUT2D eigenvalue weighted by Gasteiger charge is 2.24. The number of hydrogen-bond acceptors (Lipinski definition) is 4. The van der Waals surface area contributed by atoms with Gasteiger partial charge in [0.1, 0.15) is 6.54 Å². The van der Waals surface area contributed by atoms with Crippen molar-refractivity contribution in [2.45, 2.75) is 13.0 Å². The van der Waals surface area contributed by atoms with Crippen molar-refractivity contribution in [3.05, 3.63) is 69.2 Å². The van der Waals surface area contributed by atoms with Gasteiger partial charge in [-0.2, -0.15) is 0 Å². The second-order valence-electron chi connectivity index (χ2n) is 7.34. The lowest BCUT2D eigenvalue weighted by molar-refractivity contribution is -0.121. The third-order valence-electron chi connectivity index (χ3n) is 5.24. The number of fused-ring (bicyclic) bond motifs is 1. The second-order valence-corrected chi connectivity index (χ2v) is 8.26. The fourth-order valence-corrected chi connectivity index (χ4v) is 3.99. The molecule has 6 nitrogen and oxygen atoms in total. The number of carbonyl (C=O) groups excluding carboxylic acids is 1. The van der Waals surface area contributed by atoms with Crippen LogP contribution in [0.2, 0.25) is 0 Å². The number of amides is 1. The quantitative estimate of drug-likeness (QED) is 0.614. The number of halogens is 3. The lowest BCUT2D eigenvalue weighted by Gasteiger charge is -2.19. The molecule has 1 aromatic heterocycles. The summed E-state index contributed by atoms with van der Waals surface area (Å²) >= 11 is 3.34. The maximum Gasteiger partial charge on any atom is 0.261 e. The van der Waals surface area contributed by atoms with Gasteiger partial charge in [0.25, 0.3) is 5.56 Å². The Kier molecular flexibility index (Phi) is 5.80. The molecule has 3 aromatic rings. The summed E-state index contributed by atoms with van der Waals surface area (Å²) in [4.78, 5) is 31.1. The van der Waals surface area contributed by atoms with Crippen LogP contribution in [0.15, 0.2) is 52.0 Å². The molecule has 1 fully saturated rings. The zero-order chi connectivity index (χ0) is 21.3. The topological polar surface area (TPSA) is 67.2 Å². The first-order valence-electron chi connectivity index (χ1n) is 9.52. The molecule has 1 unspecified atom stereocenters.